The summed E-state index contributed by atoms with van der Waals surface area (Å²) in [5, 5.41) is 30.2. The SMILES string of the molecule is CC(C)(O)c1cc2nc(C3CCC(CO)CC3)sc2cc1NC(=O)c1ccc(C(F)(F)F)nn1. The molecule has 3 aromatic rings. The van der Waals surface area contributed by atoms with Crippen LogP contribution in [0.25, 0.3) is 10.2 Å². The monoisotopic (exact) mass is 494 g/mol. The van der Waals surface area contributed by atoms with Crippen LogP contribution in [0.2, 0.25) is 0 Å². The predicted molar refractivity (Wildman–Crippen MR) is 122 cm³/mol. The molecule has 182 valence electrons. The maximum atomic E-state index is 12.7. The van der Waals surface area contributed by atoms with Crippen LogP contribution in [0.1, 0.15) is 72.2 Å². The average Bonchev–Trinajstić information content (AvgIpc) is 3.20. The molecule has 0 aliphatic heterocycles. The molecule has 1 aliphatic rings. The van der Waals surface area contributed by atoms with Crippen LogP contribution in [-0.2, 0) is 11.8 Å². The van der Waals surface area contributed by atoms with Crippen LogP contribution in [0.3, 0.4) is 0 Å². The average molecular weight is 495 g/mol. The molecule has 0 spiro atoms. The Kier molecular flexibility index (Phi) is 6.63. The van der Waals surface area contributed by atoms with Crippen molar-refractivity contribution in [2.45, 2.75) is 57.2 Å². The van der Waals surface area contributed by atoms with Crippen molar-refractivity contribution in [3.63, 3.8) is 0 Å². The number of aromatic nitrogens is 3. The topological polar surface area (TPSA) is 108 Å². The Hall–Kier alpha value is -2.63. The second-order valence-electron chi connectivity index (χ2n) is 9.13. The molecular weight excluding hydrogens is 469 g/mol. The second-order valence-corrected chi connectivity index (χ2v) is 10.2. The molecule has 11 heteroatoms. The number of carbonyl (C=O) groups is 1. The van der Waals surface area contributed by atoms with E-state index in [0.29, 0.717) is 34.7 Å². The molecule has 1 aromatic carbocycles. The van der Waals surface area contributed by atoms with Gasteiger partial charge in [0.1, 0.15) is 0 Å². The smallest absolute Gasteiger partial charge is 0.396 e. The van der Waals surface area contributed by atoms with Crippen molar-refractivity contribution >= 4 is 33.1 Å². The lowest BCUT2D eigenvalue weighted by Crippen LogP contribution is -2.22. The van der Waals surface area contributed by atoms with Crippen LogP contribution in [0.5, 0.6) is 0 Å². The Morgan fingerprint density at radius 2 is 1.85 bits per heavy atom. The van der Waals surface area contributed by atoms with Crippen LogP contribution in [0.4, 0.5) is 18.9 Å². The third kappa shape index (κ3) is 5.21. The fourth-order valence-electron chi connectivity index (χ4n) is 4.16. The van der Waals surface area contributed by atoms with E-state index in [1.807, 2.05) is 0 Å². The van der Waals surface area contributed by atoms with Gasteiger partial charge < -0.3 is 15.5 Å². The lowest BCUT2D eigenvalue weighted by Gasteiger charge is -2.25. The number of amides is 1. The summed E-state index contributed by atoms with van der Waals surface area (Å²) in [5.74, 6) is -0.105. The minimum absolute atomic E-state index is 0.202. The summed E-state index contributed by atoms with van der Waals surface area (Å²) in [6, 6.07) is 5.10. The lowest BCUT2D eigenvalue weighted by molar-refractivity contribution is -0.141. The van der Waals surface area contributed by atoms with Gasteiger partial charge in [-0.2, -0.15) is 13.2 Å². The number of nitrogens with zero attached hydrogens (tertiary/aromatic N) is 3. The van der Waals surface area contributed by atoms with Gasteiger partial charge in [0, 0.05) is 23.8 Å². The Labute approximate surface area is 198 Å². The van der Waals surface area contributed by atoms with Crippen LogP contribution in [0, 0.1) is 5.92 Å². The molecule has 2 heterocycles. The van der Waals surface area contributed by atoms with Gasteiger partial charge >= 0.3 is 6.18 Å². The van der Waals surface area contributed by atoms with E-state index in [-0.39, 0.29) is 12.3 Å². The Bertz CT molecular complexity index is 1180. The summed E-state index contributed by atoms with van der Waals surface area (Å²) < 4.78 is 39.0. The fourth-order valence-corrected chi connectivity index (χ4v) is 5.32. The molecule has 1 fully saturated rings. The molecule has 0 bridgehead atoms. The van der Waals surface area contributed by atoms with Crippen LogP contribution in [0.15, 0.2) is 24.3 Å². The first kappa shape index (κ1) is 24.5. The molecule has 1 saturated carbocycles. The van der Waals surface area contributed by atoms with Gasteiger partial charge in [0.2, 0.25) is 0 Å². The molecular formula is C23H25F3N4O3S. The van der Waals surface area contributed by atoms with Crippen molar-refractivity contribution in [1.82, 2.24) is 15.2 Å². The number of rotatable bonds is 5. The summed E-state index contributed by atoms with van der Waals surface area (Å²) in [5.41, 5.74) is -1.33. The maximum absolute atomic E-state index is 12.7. The van der Waals surface area contributed by atoms with Gasteiger partial charge in [0.05, 0.1) is 20.8 Å². The van der Waals surface area contributed by atoms with Gasteiger partial charge in [-0.3, -0.25) is 4.79 Å². The van der Waals surface area contributed by atoms with Gasteiger partial charge in [0.15, 0.2) is 11.4 Å². The van der Waals surface area contributed by atoms with E-state index in [4.69, 9.17) is 4.98 Å². The highest BCUT2D eigenvalue weighted by Gasteiger charge is 2.33. The maximum Gasteiger partial charge on any atom is 0.435 e. The first-order valence-electron chi connectivity index (χ1n) is 11.0. The van der Waals surface area contributed by atoms with Gasteiger partial charge in [-0.05, 0) is 69.7 Å². The summed E-state index contributed by atoms with van der Waals surface area (Å²) >= 11 is 1.51. The molecule has 0 unspecified atom stereocenters. The fraction of sp³-hybridized carbons (Fsp3) is 0.478. The van der Waals surface area contributed by atoms with E-state index in [2.05, 4.69) is 15.5 Å². The van der Waals surface area contributed by atoms with E-state index in [0.717, 1.165) is 41.5 Å². The van der Waals surface area contributed by atoms with Gasteiger partial charge in [-0.25, -0.2) is 4.98 Å². The van der Waals surface area contributed by atoms with Gasteiger partial charge in [-0.15, -0.1) is 21.5 Å². The molecule has 4 rings (SSSR count). The minimum atomic E-state index is -4.65. The summed E-state index contributed by atoms with van der Waals surface area (Å²) in [6.45, 7) is 3.35. The van der Waals surface area contributed by atoms with Crippen molar-refractivity contribution in [1.29, 1.82) is 0 Å². The molecule has 7 nitrogen and oxygen atoms in total. The largest absolute Gasteiger partial charge is 0.435 e. The number of nitrogens with one attached hydrogen (secondary N) is 1. The molecule has 3 N–H and O–H groups in total. The van der Waals surface area contributed by atoms with Crippen molar-refractivity contribution in [2.75, 3.05) is 11.9 Å². The van der Waals surface area contributed by atoms with Gasteiger partial charge in [0.25, 0.3) is 5.91 Å². The molecule has 34 heavy (non-hydrogen) atoms. The summed E-state index contributed by atoms with van der Waals surface area (Å²) in [6.07, 6.45) is -0.871. The second kappa shape index (κ2) is 9.20. The Balaban J connectivity index is 1.62. The number of halogens is 3. The third-order valence-corrected chi connectivity index (χ3v) is 7.27. The number of carbonyl (C=O) groups excluding carboxylic acids is 1. The van der Waals surface area contributed by atoms with E-state index >= 15 is 0 Å². The first-order valence-corrected chi connectivity index (χ1v) is 11.8. The number of hydrogen-bond donors (Lipinski definition) is 3. The quantitative estimate of drug-likeness (QED) is 0.468. The number of fused-ring (bicyclic) bond motifs is 1. The molecule has 2 aromatic heterocycles. The zero-order valence-corrected chi connectivity index (χ0v) is 19.5. The highest BCUT2D eigenvalue weighted by Crippen LogP contribution is 2.41. The van der Waals surface area contributed by atoms with Crippen LogP contribution < -0.4 is 5.32 Å². The molecule has 0 saturated heterocycles. The molecule has 1 aliphatic carbocycles. The highest BCUT2D eigenvalue weighted by atomic mass is 32.1. The van der Waals surface area contributed by atoms with E-state index in [9.17, 15) is 28.2 Å². The van der Waals surface area contributed by atoms with Crippen LogP contribution >= 0.6 is 11.3 Å². The standard InChI is InChI=1S/C23H25F3N4O3S/c1-22(2,33)14-9-17-18(34-21(28-17)13-5-3-12(11-31)4-6-13)10-16(14)27-20(32)15-7-8-19(30-29-15)23(24,25)26/h7-10,12-13,31,33H,3-6,11H2,1-2H3,(H,27,32). The molecule has 1 amide bonds. The number of benzene rings is 1. The van der Waals surface area contributed by atoms with Crippen molar-refractivity contribution in [2.24, 2.45) is 5.92 Å². The number of alkyl halides is 3. The normalized spacial score (nSPS) is 19.4. The number of anilines is 1. The molecule has 0 atom stereocenters. The van der Waals surface area contributed by atoms with Crippen LogP contribution in [-0.4, -0.2) is 37.9 Å². The zero-order chi connectivity index (χ0) is 24.7. The van der Waals surface area contributed by atoms with E-state index in [1.54, 1.807) is 26.0 Å². The Morgan fingerprint density at radius 3 is 2.41 bits per heavy atom. The minimum Gasteiger partial charge on any atom is -0.396 e. The number of thiazole rings is 1. The number of aliphatic hydroxyl groups excluding tert-OH is 1. The highest BCUT2D eigenvalue weighted by molar-refractivity contribution is 7.18. The molecule has 0 radical (unpaired) electrons. The summed E-state index contributed by atoms with van der Waals surface area (Å²) in [4.78, 5) is 17.5. The number of aliphatic hydroxyl groups is 2. The van der Waals surface area contributed by atoms with E-state index < -0.39 is 23.4 Å². The zero-order valence-electron chi connectivity index (χ0n) is 18.7. The summed E-state index contributed by atoms with van der Waals surface area (Å²) in [7, 11) is 0. The Morgan fingerprint density at radius 1 is 1.15 bits per heavy atom. The van der Waals surface area contributed by atoms with Crippen molar-refractivity contribution < 1.29 is 28.2 Å². The first-order chi connectivity index (χ1) is 16.0. The van der Waals surface area contributed by atoms with E-state index in [1.165, 1.54) is 11.3 Å². The predicted octanol–water partition coefficient (Wildman–Crippen LogP) is 4.85. The van der Waals surface area contributed by atoms with Crippen molar-refractivity contribution in [3.8, 4) is 0 Å². The lowest BCUT2D eigenvalue weighted by atomic mass is 9.83. The third-order valence-electron chi connectivity index (χ3n) is 6.09. The van der Waals surface area contributed by atoms with Crippen molar-refractivity contribution in [3.05, 3.63) is 46.2 Å². The number of hydrogen-bond acceptors (Lipinski definition) is 7. The van der Waals surface area contributed by atoms with Gasteiger partial charge in [-0.1, -0.05) is 0 Å².